The van der Waals surface area contributed by atoms with Crippen molar-refractivity contribution in [3.8, 4) is 11.5 Å². The summed E-state index contributed by atoms with van der Waals surface area (Å²) in [5, 5.41) is 8.29. The predicted molar refractivity (Wildman–Crippen MR) is 65.2 cm³/mol. The Hall–Kier alpha value is -0.140. The zero-order valence-electron chi connectivity index (χ0n) is 6.67. The molecule has 0 aliphatic carbocycles. The van der Waals surface area contributed by atoms with Crippen LogP contribution < -0.4 is 0 Å². The van der Waals surface area contributed by atoms with E-state index in [1.807, 2.05) is 34.7 Å². The van der Waals surface area contributed by atoms with Gasteiger partial charge in [0.2, 0.25) is 5.89 Å². The van der Waals surface area contributed by atoms with Gasteiger partial charge in [0, 0.05) is 32.6 Å². The van der Waals surface area contributed by atoms with Crippen molar-refractivity contribution in [3.63, 3.8) is 0 Å². The van der Waals surface area contributed by atoms with Crippen molar-refractivity contribution in [1.82, 2.24) is 10.2 Å². The van der Waals surface area contributed by atoms with Gasteiger partial charge in [-0.15, -0.1) is 10.2 Å². The molecule has 0 atom stereocenters. The number of hydrogen-bond acceptors (Lipinski definition) is 3. The molecule has 72 valence electrons. The molecule has 0 spiro atoms. The number of aromatic nitrogens is 2. The van der Waals surface area contributed by atoms with Crippen molar-refractivity contribution in [2.24, 2.45) is 0 Å². The van der Waals surface area contributed by atoms with Crippen molar-refractivity contribution in [2.45, 2.75) is 0 Å². The first-order valence-corrected chi connectivity index (χ1v) is 5.86. The Bertz CT molecular complexity index is 474. The molecule has 0 saturated carbocycles. The monoisotopic (exact) mass is 384 g/mol. The lowest BCUT2D eigenvalue weighted by Gasteiger charge is -1.97. The lowest BCUT2D eigenvalue weighted by molar-refractivity contribution is 0.537. The summed E-state index contributed by atoms with van der Waals surface area (Å²) in [6, 6.07) is 5.45. The maximum atomic E-state index is 5.86. The van der Waals surface area contributed by atoms with Crippen LogP contribution in [0.4, 0.5) is 0 Å². The van der Waals surface area contributed by atoms with Crippen molar-refractivity contribution >= 4 is 50.1 Å². The normalized spacial score (nSPS) is 10.5. The molecule has 0 saturated heterocycles. The minimum absolute atomic E-state index is 0.492. The molecule has 0 fully saturated rings. The highest BCUT2D eigenvalue weighted by atomic mass is 127. The smallest absolute Gasteiger partial charge is 0.278 e. The van der Waals surface area contributed by atoms with Crippen LogP contribution in [0.25, 0.3) is 11.5 Å². The molecule has 0 aliphatic heterocycles. The molecule has 2 aromatic rings. The lowest BCUT2D eigenvalue weighted by atomic mass is 10.2. The molecule has 0 radical (unpaired) electrons. The van der Waals surface area contributed by atoms with E-state index in [9.17, 15) is 0 Å². The third kappa shape index (κ3) is 2.09. The molecule has 2 rings (SSSR count). The second-order valence-electron chi connectivity index (χ2n) is 2.49. The Morgan fingerprint density at radius 2 is 2.14 bits per heavy atom. The number of halogens is 3. The molecule has 0 aliphatic rings. The van der Waals surface area contributed by atoms with Gasteiger partial charge in [0.25, 0.3) is 3.90 Å². The van der Waals surface area contributed by atoms with Gasteiger partial charge in [-0.25, -0.2) is 0 Å². The van der Waals surface area contributed by atoms with Gasteiger partial charge in [0.1, 0.15) is 0 Å². The summed E-state index contributed by atoms with van der Waals surface area (Å²) in [5.74, 6) is 0.492. The highest BCUT2D eigenvalue weighted by Crippen LogP contribution is 2.28. The Balaban J connectivity index is 2.47. The molecule has 0 N–H and O–H groups in total. The molecule has 1 aromatic heterocycles. The first-order chi connectivity index (χ1) is 6.66. The molecule has 0 unspecified atom stereocenters. The van der Waals surface area contributed by atoms with Crippen LogP contribution in [0.2, 0.25) is 5.02 Å². The quantitative estimate of drug-likeness (QED) is 0.702. The Morgan fingerprint density at radius 3 is 2.71 bits per heavy atom. The zero-order chi connectivity index (χ0) is 10.1. The largest absolute Gasteiger partial charge is 0.412 e. The maximum absolute atomic E-state index is 5.86. The van der Waals surface area contributed by atoms with Gasteiger partial charge in [-0.1, -0.05) is 11.6 Å². The number of rotatable bonds is 1. The summed E-state index contributed by atoms with van der Waals surface area (Å²) in [6.45, 7) is 0. The van der Waals surface area contributed by atoms with E-state index in [-0.39, 0.29) is 0 Å². The fraction of sp³-hybridized carbons (Fsp3) is 0. The van der Waals surface area contributed by atoms with Crippen LogP contribution in [-0.2, 0) is 0 Å². The van der Waals surface area contributed by atoms with Crippen LogP contribution in [0.1, 0.15) is 0 Å². The minimum Gasteiger partial charge on any atom is -0.412 e. The van der Waals surface area contributed by atoms with Gasteiger partial charge in [-0.2, -0.15) is 0 Å². The van der Waals surface area contributed by atoms with E-state index in [4.69, 9.17) is 16.0 Å². The number of nitrogens with zero attached hydrogens (tertiary/aromatic N) is 2. The Labute approximate surface area is 107 Å². The second kappa shape index (κ2) is 4.16. The summed E-state index contributed by atoms with van der Waals surface area (Å²) in [4.78, 5) is 0. The molecular formula is C8H3BrClIN2O. The first-order valence-electron chi connectivity index (χ1n) is 3.61. The van der Waals surface area contributed by atoms with Crippen LogP contribution in [0.5, 0.6) is 0 Å². The van der Waals surface area contributed by atoms with Crippen LogP contribution in [0, 0.1) is 3.90 Å². The van der Waals surface area contributed by atoms with Crippen molar-refractivity contribution in [1.29, 1.82) is 0 Å². The summed E-state index contributed by atoms with van der Waals surface area (Å²) in [7, 11) is 0. The van der Waals surface area contributed by atoms with Crippen LogP contribution in [-0.4, -0.2) is 10.2 Å². The van der Waals surface area contributed by atoms with Crippen LogP contribution in [0.3, 0.4) is 0 Å². The van der Waals surface area contributed by atoms with E-state index in [0.29, 0.717) is 14.8 Å². The van der Waals surface area contributed by atoms with E-state index in [1.54, 1.807) is 6.07 Å². The topological polar surface area (TPSA) is 38.9 Å². The summed E-state index contributed by atoms with van der Waals surface area (Å²) in [6.07, 6.45) is 0. The molecule has 14 heavy (non-hydrogen) atoms. The van der Waals surface area contributed by atoms with Gasteiger partial charge in [0.15, 0.2) is 0 Å². The zero-order valence-corrected chi connectivity index (χ0v) is 11.2. The van der Waals surface area contributed by atoms with E-state index >= 15 is 0 Å². The Kier molecular flexibility index (Phi) is 3.08. The third-order valence-electron chi connectivity index (χ3n) is 1.57. The minimum atomic E-state index is 0.492. The summed E-state index contributed by atoms with van der Waals surface area (Å²) < 4.78 is 6.59. The van der Waals surface area contributed by atoms with Crippen molar-refractivity contribution in [2.75, 3.05) is 0 Å². The highest BCUT2D eigenvalue weighted by Gasteiger charge is 2.07. The number of benzene rings is 1. The van der Waals surface area contributed by atoms with E-state index < -0.39 is 0 Å². The van der Waals surface area contributed by atoms with E-state index in [1.165, 1.54) is 0 Å². The molecular weight excluding hydrogens is 382 g/mol. The van der Waals surface area contributed by atoms with Gasteiger partial charge in [0.05, 0.1) is 5.02 Å². The Morgan fingerprint density at radius 1 is 1.36 bits per heavy atom. The summed E-state index contributed by atoms with van der Waals surface area (Å²) in [5.41, 5.74) is 0.844. The van der Waals surface area contributed by atoms with E-state index in [2.05, 4.69) is 26.1 Å². The van der Waals surface area contributed by atoms with Crippen LogP contribution >= 0.6 is 50.1 Å². The molecule has 3 nitrogen and oxygen atoms in total. The second-order valence-corrected chi connectivity index (χ2v) is 4.67. The molecule has 0 amide bonds. The standard InChI is InChI=1S/C8H3BrClIN2O/c9-5-3-4(1-2-6(5)10)7-12-13-8(11)14-7/h1-3H. The van der Waals surface area contributed by atoms with Crippen molar-refractivity contribution < 1.29 is 4.42 Å². The van der Waals surface area contributed by atoms with Gasteiger partial charge in [-0.3, -0.25) is 0 Å². The first kappa shape index (κ1) is 10.4. The fourth-order valence-electron chi connectivity index (χ4n) is 0.951. The van der Waals surface area contributed by atoms with Gasteiger partial charge >= 0.3 is 0 Å². The maximum Gasteiger partial charge on any atom is 0.278 e. The molecule has 6 heteroatoms. The molecule has 1 aromatic carbocycles. The fourth-order valence-corrected chi connectivity index (χ4v) is 1.76. The highest BCUT2D eigenvalue weighted by molar-refractivity contribution is 14.1. The predicted octanol–water partition coefficient (Wildman–Crippen LogP) is 3.76. The number of hydrogen-bond donors (Lipinski definition) is 0. The molecule has 0 bridgehead atoms. The van der Waals surface area contributed by atoms with Crippen LogP contribution in [0.15, 0.2) is 27.1 Å². The average molecular weight is 385 g/mol. The SMILES string of the molecule is Clc1ccc(-c2nnc(I)o2)cc1Br. The third-order valence-corrected chi connectivity index (χ3v) is 3.22. The molecule has 1 heterocycles. The average Bonchev–Trinajstić information content (AvgIpc) is 2.57. The van der Waals surface area contributed by atoms with Gasteiger partial charge < -0.3 is 4.42 Å². The summed E-state index contributed by atoms with van der Waals surface area (Å²) >= 11 is 11.1. The van der Waals surface area contributed by atoms with Crippen molar-refractivity contribution in [3.05, 3.63) is 31.6 Å². The van der Waals surface area contributed by atoms with E-state index in [0.717, 1.165) is 10.0 Å². The lowest BCUT2D eigenvalue weighted by Crippen LogP contribution is -1.78. The van der Waals surface area contributed by atoms with Gasteiger partial charge in [-0.05, 0) is 34.1 Å².